The van der Waals surface area contributed by atoms with Crippen LogP contribution in [0.25, 0.3) is 10.8 Å². The van der Waals surface area contributed by atoms with Crippen molar-refractivity contribution < 1.29 is 4.79 Å². The maximum atomic E-state index is 12.3. The summed E-state index contributed by atoms with van der Waals surface area (Å²) in [6, 6.07) is 15.8. The lowest BCUT2D eigenvalue weighted by molar-refractivity contribution is -0.120. The van der Waals surface area contributed by atoms with E-state index in [1.54, 1.807) is 11.8 Å². The van der Waals surface area contributed by atoms with Gasteiger partial charge < -0.3 is 4.90 Å². The van der Waals surface area contributed by atoms with Crippen LogP contribution in [0.15, 0.2) is 42.5 Å². The van der Waals surface area contributed by atoms with Gasteiger partial charge in [-0.15, -0.1) is 0 Å². The summed E-state index contributed by atoms with van der Waals surface area (Å²) in [5.74, 6) is -0.778. The molecule has 3 heteroatoms. The summed E-state index contributed by atoms with van der Waals surface area (Å²) in [4.78, 5) is 13.9. The minimum Gasteiger partial charge on any atom is -0.311 e. The van der Waals surface area contributed by atoms with Gasteiger partial charge in [-0.1, -0.05) is 36.4 Å². The van der Waals surface area contributed by atoms with E-state index in [9.17, 15) is 4.79 Å². The zero-order valence-corrected chi connectivity index (χ0v) is 11.1. The molecule has 0 fully saturated rings. The molecular weight excluding hydrogens is 236 g/mol. The van der Waals surface area contributed by atoms with Crippen LogP contribution in [-0.4, -0.2) is 12.5 Å². The van der Waals surface area contributed by atoms with E-state index in [1.807, 2.05) is 55.5 Å². The van der Waals surface area contributed by atoms with Crippen molar-refractivity contribution in [3.63, 3.8) is 0 Å². The summed E-state index contributed by atoms with van der Waals surface area (Å²) in [6.07, 6.45) is 0. The van der Waals surface area contributed by atoms with Crippen molar-refractivity contribution in [1.29, 1.82) is 5.26 Å². The Bertz CT molecular complexity index is 637. The molecule has 2 rings (SSSR count). The second-order valence-corrected chi connectivity index (χ2v) is 4.43. The van der Waals surface area contributed by atoms with Crippen LogP contribution in [-0.2, 0) is 4.79 Å². The molecule has 0 aliphatic heterocycles. The highest BCUT2D eigenvalue weighted by Crippen LogP contribution is 2.27. The first-order valence-corrected chi connectivity index (χ1v) is 6.37. The fraction of sp³-hybridized carbons (Fsp3) is 0.250. The van der Waals surface area contributed by atoms with Crippen molar-refractivity contribution in [2.75, 3.05) is 11.4 Å². The molecule has 0 bridgehead atoms. The van der Waals surface area contributed by atoms with E-state index in [4.69, 9.17) is 5.26 Å². The third-order valence-electron chi connectivity index (χ3n) is 3.20. The molecule has 0 spiro atoms. The van der Waals surface area contributed by atoms with E-state index in [-0.39, 0.29) is 5.91 Å². The number of anilines is 1. The lowest BCUT2D eigenvalue weighted by Crippen LogP contribution is -2.34. The van der Waals surface area contributed by atoms with E-state index < -0.39 is 5.92 Å². The number of carbonyl (C=O) groups is 1. The molecule has 2 aromatic carbocycles. The molecule has 2 aromatic rings. The third kappa shape index (κ3) is 2.43. The Kier molecular flexibility index (Phi) is 3.82. The first-order valence-electron chi connectivity index (χ1n) is 6.37. The number of hydrogen-bond donors (Lipinski definition) is 0. The second kappa shape index (κ2) is 5.53. The van der Waals surface area contributed by atoms with Crippen LogP contribution in [0.5, 0.6) is 0 Å². The van der Waals surface area contributed by atoms with Crippen molar-refractivity contribution in [2.24, 2.45) is 5.92 Å². The average Bonchev–Trinajstić information content (AvgIpc) is 2.47. The van der Waals surface area contributed by atoms with Gasteiger partial charge in [0.1, 0.15) is 5.92 Å². The molecule has 1 atom stereocenters. The summed E-state index contributed by atoms with van der Waals surface area (Å²) >= 11 is 0. The number of nitriles is 1. The van der Waals surface area contributed by atoms with Crippen LogP contribution in [0.3, 0.4) is 0 Å². The average molecular weight is 252 g/mol. The lowest BCUT2D eigenvalue weighted by atomic mass is 10.1. The quantitative estimate of drug-likeness (QED) is 0.840. The molecule has 0 N–H and O–H groups in total. The van der Waals surface area contributed by atoms with Gasteiger partial charge in [0.15, 0.2) is 0 Å². The molecule has 96 valence electrons. The zero-order chi connectivity index (χ0) is 13.8. The highest BCUT2D eigenvalue weighted by Gasteiger charge is 2.21. The first-order chi connectivity index (χ1) is 9.19. The van der Waals surface area contributed by atoms with Gasteiger partial charge in [-0.25, -0.2) is 0 Å². The molecule has 0 aliphatic rings. The Labute approximate surface area is 113 Å². The Morgan fingerprint density at radius 1 is 1.26 bits per heavy atom. The highest BCUT2D eigenvalue weighted by atomic mass is 16.2. The van der Waals surface area contributed by atoms with Gasteiger partial charge in [0.05, 0.1) is 11.8 Å². The predicted molar refractivity (Wildman–Crippen MR) is 76.8 cm³/mol. The van der Waals surface area contributed by atoms with Gasteiger partial charge in [0.25, 0.3) is 0 Å². The third-order valence-corrected chi connectivity index (χ3v) is 3.20. The Morgan fingerprint density at radius 2 is 1.95 bits per heavy atom. The maximum Gasteiger partial charge on any atom is 0.244 e. The van der Waals surface area contributed by atoms with E-state index in [0.717, 1.165) is 16.5 Å². The lowest BCUT2D eigenvalue weighted by Gasteiger charge is -2.23. The number of hydrogen-bond acceptors (Lipinski definition) is 2. The number of rotatable bonds is 3. The largest absolute Gasteiger partial charge is 0.311 e. The number of benzene rings is 2. The van der Waals surface area contributed by atoms with E-state index in [2.05, 4.69) is 0 Å². The molecule has 0 heterocycles. The molecule has 0 aliphatic carbocycles. The van der Waals surface area contributed by atoms with Gasteiger partial charge in [0, 0.05) is 11.9 Å². The predicted octanol–water partition coefficient (Wildman–Crippen LogP) is 3.35. The normalized spacial score (nSPS) is 11.8. The molecule has 19 heavy (non-hydrogen) atoms. The smallest absolute Gasteiger partial charge is 0.244 e. The van der Waals surface area contributed by atoms with Crippen LogP contribution < -0.4 is 4.90 Å². The molecule has 1 amide bonds. The molecule has 1 unspecified atom stereocenters. The topological polar surface area (TPSA) is 44.1 Å². The monoisotopic (exact) mass is 252 g/mol. The fourth-order valence-electron chi connectivity index (χ4n) is 2.18. The minimum atomic E-state index is -0.626. The molecular formula is C16H16N2O. The highest BCUT2D eigenvalue weighted by molar-refractivity contribution is 6.04. The Balaban J connectivity index is 2.53. The van der Waals surface area contributed by atoms with Gasteiger partial charge in [-0.05, 0) is 25.3 Å². The summed E-state index contributed by atoms with van der Waals surface area (Å²) in [6.45, 7) is 4.11. The molecule has 3 nitrogen and oxygen atoms in total. The SMILES string of the molecule is CCN(C(=O)C(C)C#N)c1cccc2ccccc12. The zero-order valence-electron chi connectivity index (χ0n) is 11.1. The fourth-order valence-corrected chi connectivity index (χ4v) is 2.18. The maximum absolute atomic E-state index is 12.3. The summed E-state index contributed by atoms with van der Waals surface area (Å²) in [5.41, 5.74) is 0.868. The van der Waals surface area contributed by atoms with E-state index in [1.165, 1.54) is 0 Å². The summed E-state index contributed by atoms with van der Waals surface area (Å²) in [7, 11) is 0. The van der Waals surface area contributed by atoms with Gasteiger partial charge >= 0.3 is 0 Å². The van der Waals surface area contributed by atoms with Crippen LogP contribution in [0.2, 0.25) is 0 Å². The molecule has 0 saturated carbocycles. The van der Waals surface area contributed by atoms with E-state index in [0.29, 0.717) is 6.54 Å². The summed E-state index contributed by atoms with van der Waals surface area (Å²) < 4.78 is 0. The summed E-state index contributed by atoms with van der Waals surface area (Å²) in [5, 5.41) is 11.0. The van der Waals surface area contributed by atoms with Crippen molar-refractivity contribution in [1.82, 2.24) is 0 Å². The van der Waals surface area contributed by atoms with Crippen molar-refractivity contribution >= 4 is 22.4 Å². The van der Waals surface area contributed by atoms with Gasteiger partial charge in [-0.3, -0.25) is 4.79 Å². The second-order valence-electron chi connectivity index (χ2n) is 4.43. The molecule has 0 saturated heterocycles. The van der Waals surface area contributed by atoms with Crippen LogP contribution in [0.4, 0.5) is 5.69 Å². The minimum absolute atomic E-state index is 0.152. The van der Waals surface area contributed by atoms with Gasteiger partial charge in [-0.2, -0.15) is 5.26 Å². The number of carbonyl (C=O) groups excluding carboxylic acids is 1. The van der Waals surface area contributed by atoms with Crippen molar-refractivity contribution in [3.8, 4) is 6.07 Å². The van der Waals surface area contributed by atoms with Crippen LogP contribution in [0, 0.1) is 17.2 Å². The molecule has 0 radical (unpaired) electrons. The van der Waals surface area contributed by atoms with E-state index >= 15 is 0 Å². The van der Waals surface area contributed by atoms with Crippen molar-refractivity contribution in [2.45, 2.75) is 13.8 Å². The Hall–Kier alpha value is -2.34. The van der Waals surface area contributed by atoms with Crippen LogP contribution >= 0.6 is 0 Å². The van der Waals surface area contributed by atoms with Gasteiger partial charge in [0.2, 0.25) is 5.91 Å². The number of fused-ring (bicyclic) bond motifs is 1. The van der Waals surface area contributed by atoms with Crippen molar-refractivity contribution in [3.05, 3.63) is 42.5 Å². The molecule has 0 aromatic heterocycles. The number of nitrogens with zero attached hydrogens (tertiary/aromatic N) is 2. The first kappa shape index (κ1) is 13.1. The van der Waals surface area contributed by atoms with Crippen LogP contribution in [0.1, 0.15) is 13.8 Å². The standard InChI is InChI=1S/C16H16N2O/c1-3-18(16(19)12(2)11-17)15-10-6-8-13-7-4-5-9-14(13)15/h4-10,12H,3H2,1-2H3. The Morgan fingerprint density at radius 3 is 2.63 bits per heavy atom. The number of amides is 1.